The van der Waals surface area contributed by atoms with E-state index in [9.17, 15) is 10.4 Å². The summed E-state index contributed by atoms with van der Waals surface area (Å²) in [7, 11) is 0.512. The third-order valence-electron chi connectivity index (χ3n) is 0.497. The zero-order valence-electron chi connectivity index (χ0n) is 4.71. The summed E-state index contributed by atoms with van der Waals surface area (Å²) in [5.74, 6) is 4.42. The molecule has 0 saturated heterocycles. The summed E-state index contributed by atoms with van der Waals surface area (Å²) < 4.78 is 0. The highest BCUT2D eigenvalue weighted by Gasteiger charge is 2.03. The fraction of sp³-hybridized carbons (Fsp3) is 1.00. The van der Waals surface area contributed by atoms with Crippen LogP contribution in [0.5, 0.6) is 0 Å². The van der Waals surface area contributed by atoms with Crippen molar-refractivity contribution in [1.82, 2.24) is 0 Å². The van der Waals surface area contributed by atoms with Gasteiger partial charge in [-0.3, -0.25) is 0 Å². The van der Waals surface area contributed by atoms with Gasteiger partial charge >= 0.3 is 8.88 Å². The van der Waals surface area contributed by atoms with Crippen LogP contribution in [0.25, 0.3) is 0 Å². The van der Waals surface area contributed by atoms with Gasteiger partial charge in [-0.15, -0.1) is 9.94 Å². The predicted molar refractivity (Wildman–Crippen MR) is 29.3 cm³/mol. The van der Waals surface area contributed by atoms with Crippen molar-refractivity contribution in [3.05, 3.63) is 10.4 Å². The monoisotopic (exact) mass is 157 g/mol. The molecule has 0 saturated carbocycles. The lowest BCUT2D eigenvalue weighted by molar-refractivity contribution is -1.03. The summed E-state index contributed by atoms with van der Waals surface area (Å²) in [6.07, 6.45) is 0. The van der Waals surface area contributed by atoms with E-state index in [2.05, 4.69) is 15.7 Å². The van der Waals surface area contributed by atoms with Crippen molar-refractivity contribution >= 4 is 8.88 Å². The van der Waals surface area contributed by atoms with Crippen LogP contribution in [0.3, 0.4) is 0 Å². The van der Waals surface area contributed by atoms with E-state index in [0.29, 0.717) is 0 Å². The molecule has 0 rings (SSSR count). The predicted octanol–water partition coefficient (Wildman–Crippen LogP) is -3.37. The van der Waals surface area contributed by atoms with Crippen LogP contribution in [0.4, 0.5) is 0 Å². The van der Waals surface area contributed by atoms with Crippen LogP contribution in [0, 0.1) is 10.4 Å². The molecule has 3 atom stereocenters. The van der Waals surface area contributed by atoms with E-state index in [-0.39, 0.29) is 0 Å². The van der Waals surface area contributed by atoms with E-state index in [1.807, 2.05) is 0 Å². The molecular formula is CH8N3O4P. The number of hydrogen-bond acceptors (Lipinski definition) is 5. The molecular weight excluding hydrogens is 149 g/mol. The van der Waals surface area contributed by atoms with Crippen LogP contribution in [-0.2, 0) is 9.78 Å². The third-order valence-corrected chi connectivity index (χ3v) is 1.23. The standard InChI is InChI=1S/CH8N3O4P/c1-7-3(5)9-4(6)8-2/h3-4,9H,2H2,1H3. The minimum Gasteiger partial charge on any atom is -0.595 e. The lowest BCUT2D eigenvalue weighted by Crippen LogP contribution is -3.14. The van der Waals surface area contributed by atoms with E-state index >= 15 is 0 Å². The first kappa shape index (κ1) is 9.15. The molecule has 3 unspecified atom stereocenters. The molecule has 0 aliphatic carbocycles. The minimum absolute atomic E-state index is 0.634. The highest BCUT2D eigenvalue weighted by atomic mass is 31.1. The molecule has 7 nitrogen and oxygen atoms in total. The summed E-state index contributed by atoms with van der Waals surface area (Å²) in [6, 6.07) is 0. The molecule has 0 aromatic rings. The number of nitrogens with one attached hydrogen (secondary N) is 2. The van der Waals surface area contributed by atoms with Gasteiger partial charge in [0.25, 0.3) is 0 Å². The first-order chi connectivity index (χ1) is 4.20. The van der Waals surface area contributed by atoms with Crippen molar-refractivity contribution < 1.29 is 19.8 Å². The second-order valence-electron chi connectivity index (χ2n) is 1.02. The van der Waals surface area contributed by atoms with Gasteiger partial charge in [0.2, 0.25) is 0 Å². The van der Waals surface area contributed by atoms with Crippen LogP contribution in [0.1, 0.15) is 0 Å². The van der Waals surface area contributed by atoms with E-state index < -0.39 is 18.9 Å². The molecule has 9 heavy (non-hydrogen) atoms. The van der Waals surface area contributed by atoms with Gasteiger partial charge in [-0.1, -0.05) is 0 Å². The summed E-state index contributed by atoms with van der Waals surface area (Å²) >= 11 is 0. The Morgan fingerprint density at radius 3 is 2.33 bits per heavy atom. The fourth-order valence-corrected chi connectivity index (χ4v) is 0.491. The molecule has 0 aromatic heterocycles. The summed E-state index contributed by atoms with van der Waals surface area (Å²) in [4.78, 5) is 6.43. The number of hydrogen-bond donors (Lipinski definition) is 3. The minimum atomic E-state index is -0.776. The molecule has 0 radical (unpaired) electrons. The molecule has 0 aliphatic rings. The van der Waals surface area contributed by atoms with Crippen molar-refractivity contribution in [3.63, 3.8) is 0 Å². The summed E-state index contributed by atoms with van der Waals surface area (Å²) in [6.45, 7) is 0. The van der Waals surface area contributed by atoms with E-state index in [4.69, 9.17) is 0 Å². The SMILES string of the molecule is CO[NH+]([O-])P[NH+]([O-])ON. The zero-order chi connectivity index (χ0) is 7.28. The van der Waals surface area contributed by atoms with Crippen molar-refractivity contribution in [2.45, 2.75) is 0 Å². The second-order valence-corrected chi connectivity index (χ2v) is 2.09. The van der Waals surface area contributed by atoms with Gasteiger partial charge in [-0.25, -0.2) is 4.84 Å². The van der Waals surface area contributed by atoms with Crippen LogP contribution < -0.4 is 15.9 Å². The van der Waals surface area contributed by atoms with Gasteiger partial charge in [-0.05, 0) is 0 Å². The summed E-state index contributed by atoms with van der Waals surface area (Å²) in [5.41, 5.74) is 0. The van der Waals surface area contributed by atoms with Gasteiger partial charge in [0.15, 0.2) is 0 Å². The Hall–Kier alpha value is 0.150. The van der Waals surface area contributed by atoms with Crippen LogP contribution >= 0.6 is 8.88 Å². The van der Waals surface area contributed by atoms with Crippen molar-refractivity contribution in [2.75, 3.05) is 7.11 Å². The molecule has 0 bridgehead atoms. The smallest absolute Gasteiger partial charge is 0.376 e. The number of quaternary nitrogens is 2. The van der Waals surface area contributed by atoms with Gasteiger partial charge in [0, 0.05) is 0 Å². The molecule has 8 heteroatoms. The Morgan fingerprint density at radius 1 is 1.44 bits per heavy atom. The average molecular weight is 157 g/mol. The molecule has 0 heterocycles. The van der Waals surface area contributed by atoms with Gasteiger partial charge in [0.1, 0.15) is 0 Å². The largest absolute Gasteiger partial charge is 0.595 e. The Labute approximate surface area is 53.2 Å². The Kier molecular flexibility index (Phi) is 5.06. The lowest BCUT2D eigenvalue weighted by atomic mass is 11.7. The average Bonchev–Trinajstić information content (AvgIpc) is 1.87. The highest BCUT2D eigenvalue weighted by Crippen LogP contribution is 1.72. The van der Waals surface area contributed by atoms with Crippen LogP contribution in [-0.4, -0.2) is 7.11 Å². The quantitative estimate of drug-likeness (QED) is 0.292. The molecule has 0 amide bonds. The Balaban J connectivity index is 3.22. The van der Waals surface area contributed by atoms with Gasteiger partial charge in [0.05, 0.1) is 7.11 Å². The maximum absolute atomic E-state index is 10.2. The van der Waals surface area contributed by atoms with Crippen LogP contribution in [0.15, 0.2) is 0 Å². The lowest BCUT2D eigenvalue weighted by Gasteiger charge is -2.19. The molecule has 4 N–H and O–H groups in total. The van der Waals surface area contributed by atoms with Gasteiger partial charge in [-0.2, -0.15) is 10.9 Å². The third kappa shape index (κ3) is 4.64. The van der Waals surface area contributed by atoms with Crippen molar-refractivity contribution in [1.29, 1.82) is 0 Å². The highest BCUT2D eigenvalue weighted by molar-refractivity contribution is 7.22. The van der Waals surface area contributed by atoms with Crippen LogP contribution in [0.2, 0.25) is 0 Å². The normalized spacial score (nSPS) is 18.7. The van der Waals surface area contributed by atoms with E-state index in [1.165, 1.54) is 7.11 Å². The molecule has 0 aliphatic heterocycles. The second kappa shape index (κ2) is 4.98. The molecule has 0 fully saturated rings. The van der Waals surface area contributed by atoms with Crippen molar-refractivity contribution in [2.24, 2.45) is 5.90 Å². The molecule has 0 aromatic carbocycles. The number of nitrogens with two attached hydrogens (primary N) is 1. The topological polar surface area (TPSA) is 99.5 Å². The van der Waals surface area contributed by atoms with Gasteiger partial charge < -0.3 is 10.4 Å². The maximum atomic E-state index is 10.2. The Bertz CT molecular complexity index is 64.8. The maximum Gasteiger partial charge on any atom is 0.376 e. The Morgan fingerprint density at radius 2 is 2.00 bits per heavy atom. The number of rotatable bonds is 4. The first-order valence-corrected chi connectivity index (χ1v) is 2.96. The first-order valence-electron chi connectivity index (χ1n) is 1.96. The van der Waals surface area contributed by atoms with Crippen molar-refractivity contribution in [3.8, 4) is 0 Å². The molecule has 0 spiro atoms. The van der Waals surface area contributed by atoms with E-state index in [1.54, 1.807) is 0 Å². The fourth-order valence-electron chi connectivity index (χ4n) is 0.164. The molecule has 56 valence electrons. The zero-order valence-corrected chi connectivity index (χ0v) is 5.71. The summed E-state index contributed by atoms with van der Waals surface area (Å²) in [5, 5.41) is 20.4. The van der Waals surface area contributed by atoms with E-state index in [0.717, 1.165) is 0 Å².